The Morgan fingerprint density at radius 3 is 1.94 bits per heavy atom. The number of ether oxygens (including phenoxy) is 1. The van der Waals surface area contributed by atoms with Gasteiger partial charge < -0.3 is 13.8 Å². The first-order valence-corrected chi connectivity index (χ1v) is 15.7. The first-order chi connectivity index (χ1) is 15.3. The highest BCUT2D eigenvalue weighted by molar-refractivity contribution is 7.52. The number of hydrogen-bond donors (Lipinski definition) is 1. The van der Waals surface area contributed by atoms with Gasteiger partial charge in [-0.15, -0.1) is 0 Å². The van der Waals surface area contributed by atoms with Gasteiger partial charge in [0.15, 0.2) is 0 Å². The topological polar surface area (TPSA) is 117 Å². The predicted molar refractivity (Wildman–Crippen MR) is 130 cm³/mol. The fraction of sp³-hybridized carbons (Fsp3) is 0.409. The number of rotatable bonds is 11. The summed E-state index contributed by atoms with van der Waals surface area (Å²) in [6.45, 7) is 11.8. The molecule has 1 N–H and O–H groups in total. The molecule has 0 saturated heterocycles. The number of nitrogens with zero attached hydrogens (tertiary/aromatic N) is 1. The summed E-state index contributed by atoms with van der Waals surface area (Å²) in [6, 6.07) is 11.3. The number of non-ortho nitro benzene ring substituents is 1. The fourth-order valence-electron chi connectivity index (χ4n) is 2.67. The summed E-state index contributed by atoms with van der Waals surface area (Å²) in [7, 11) is -5.67. The second-order valence-corrected chi connectivity index (χ2v) is 15.4. The van der Waals surface area contributed by atoms with Crippen molar-refractivity contribution in [2.75, 3.05) is 0 Å². The van der Waals surface area contributed by atoms with Gasteiger partial charge in [0.2, 0.25) is 0 Å². The molecule has 0 spiro atoms. The zero-order valence-electron chi connectivity index (χ0n) is 19.7. The van der Waals surface area contributed by atoms with Gasteiger partial charge in [-0.05, 0) is 44.5 Å². The quantitative estimate of drug-likeness (QED) is 0.152. The number of esters is 1. The van der Waals surface area contributed by atoms with E-state index in [1.165, 1.54) is 36.4 Å². The average molecular weight is 495 g/mol. The molecule has 0 bridgehead atoms. The van der Waals surface area contributed by atoms with E-state index in [0.29, 0.717) is 6.42 Å². The van der Waals surface area contributed by atoms with Gasteiger partial charge in [-0.3, -0.25) is 14.9 Å². The Hall–Kier alpha value is -2.68. The molecule has 2 rings (SSSR count). The maximum absolute atomic E-state index is 13.6. The molecule has 2 aromatic rings. The third-order valence-electron chi connectivity index (χ3n) is 4.82. The number of benzene rings is 2. The van der Waals surface area contributed by atoms with Crippen molar-refractivity contribution >= 4 is 32.7 Å². The Labute approximate surface area is 195 Å². The third-order valence-corrected chi connectivity index (χ3v) is 8.49. The van der Waals surface area contributed by atoms with E-state index < -0.39 is 32.8 Å². The standard InChI is InChI=1S/C22H31N2O7PSi/c1-7-16(2)29-22(25)17(3)23-32(28,30-19-10-8-18(9-11-19)24(26)27)31-20-12-14-21(15-13-20)33(4,5)6/h8-17H,7H2,1-6H3,(H,23,28)/t16-,17+,32?/m1/s1. The van der Waals surface area contributed by atoms with Crippen LogP contribution >= 0.6 is 7.75 Å². The van der Waals surface area contributed by atoms with E-state index in [9.17, 15) is 19.5 Å². The van der Waals surface area contributed by atoms with Crippen LogP contribution in [-0.4, -0.2) is 31.1 Å². The summed E-state index contributed by atoms with van der Waals surface area (Å²) in [6.07, 6.45) is 0.335. The molecule has 0 aromatic heterocycles. The van der Waals surface area contributed by atoms with E-state index in [4.69, 9.17) is 13.8 Å². The van der Waals surface area contributed by atoms with Crippen molar-refractivity contribution in [3.63, 3.8) is 0 Å². The molecular weight excluding hydrogens is 463 g/mol. The lowest BCUT2D eigenvalue weighted by atomic mass is 10.3. The van der Waals surface area contributed by atoms with Crippen LogP contribution in [0.2, 0.25) is 19.6 Å². The lowest BCUT2D eigenvalue weighted by Crippen LogP contribution is -2.37. The number of carbonyl (C=O) groups is 1. The molecule has 3 atom stereocenters. The van der Waals surface area contributed by atoms with E-state index in [-0.39, 0.29) is 23.3 Å². The molecule has 0 aliphatic carbocycles. The van der Waals surface area contributed by atoms with Crippen molar-refractivity contribution in [3.05, 3.63) is 58.6 Å². The Balaban J connectivity index is 2.28. The number of nitro groups is 1. The van der Waals surface area contributed by atoms with Crippen molar-refractivity contribution in [1.29, 1.82) is 0 Å². The molecule has 0 aliphatic rings. The van der Waals surface area contributed by atoms with Gasteiger partial charge in [0.25, 0.3) is 5.69 Å². The molecule has 0 heterocycles. The van der Waals surface area contributed by atoms with Crippen molar-refractivity contribution < 1.29 is 28.1 Å². The molecule has 180 valence electrons. The Bertz CT molecular complexity index is 1010. The Morgan fingerprint density at radius 1 is 1.03 bits per heavy atom. The molecule has 0 amide bonds. The molecule has 11 heteroatoms. The maximum Gasteiger partial charge on any atom is 0.513 e. The predicted octanol–water partition coefficient (Wildman–Crippen LogP) is 5.03. The zero-order valence-corrected chi connectivity index (χ0v) is 21.6. The molecule has 0 saturated carbocycles. The Morgan fingerprint density at radius 2 is 1.52 bits per heavy atom. The van der Waals surface area contributed by atoms with Crippen LogP contribution in [0.1, 0.15) is 27.2 Å². The minimum Gasteiger partial charge on any atom is -0.462 e. The van der Waals surface area contributed by atoms with E-state index in [0.717, 1.165) is 0 Å². The largest absolute Gasteiger partial charge is 0.513 e. The maximum atomic E-state index is 13.6. The summed E-state index contributed by atoms with van der Waals surface area (Å²) in [5.74, 6) is -0.232. The fourth-order valence-corrected chi connectivity index (χ4v) is 5.35. The zero-order chi connectivity index (χ0) is 24.8. The van der Waals surface area contributed by atoms with Gasteiger partial charge in [0, 0.05) is 12.1 Å². The molecular formula is C22H31N2O7PSi. The van der Waals surface area contributed by atoms with Crippen LogP contribution in [0.5, 0.6) is 11.5 Å². The van der Waals surface area contributed by atoms with Gasteiger partial charge in [-0.25, -0.2) is 4.57 Å². The molecule has 1 unspecified atom stereocenters. The van der Waals surface area contributed by atoms with Crippen LogP contribution in [0, 0.1) is 10.1 Å². The average Bonchev–Trinajstić information content (AvgIpc) is 2.73. The molecule has 0 fully saturated rings. The number of nitro benzene ring substituents is 1. The first-order valence-electron chi connectivity index (χ1n) is 10.7. The summed E-state index contributed by atoms with van der Waals surface area (Å²) >= 11 is 0. The summed E-state index contributed by atoms with van der Waals surface area (Å²) in [5, 5.41) is 14.7. The Kier molecular flexibility index (Phi) is 8.82. The van der Waals surface area contributed by atoms with E-state index in [1.54, 1.807) is 19.1 Å². The van der Waals surface area contributed by atoms with E-state index in [2.05, 4.69) is 24.7 Å². The van der Waals surface area contributed by atoms with Gasteiger partial charge in [-0.1, -0.05) is 43.9 Å². The molecule has 2 aromatic carbocycles. The van der Waals surface area contributed by atoms with Gasteiger partial charge >= 0.3 is 13.7 Å². The van der Waals surface area contributed by atoms with Crippen LogP contribution in [0.3, 0.4) is 0 Å². The lowest BCUT2D eigenvalue weighted by molar-refractivity contribution is -0.384. The first kappa shape index (κ1) is 26.6. The van der Waals surface area contributed by atoms with Crippen molar-refractivity contribution in [2.24, 2.45) is 0 Å². The summed E-state index contributed by atoms with van der Waals surface area (Å²) in [4.78, 5) is 22.7. The minimum atomic E-state index is -4.13. The third kappa shape index (κ3) is 7.99. The van der Waals surface area contributed by atoms with E-state index >= 15 is 0 Å². The van der Waals surface area contributed by atoms with E-state index in [1.807, 2.05) is 19.1 Å². The van der Waals surface area contributed by atoms with Gasteiger partial charge in [0.1, 0.15) is 17.5 Å². The van der Waals surface area contributed by atoms with Gasteiger partial charge in [0.05, 0.1) is 19.1 Å². The van der Waals surface area contributed by atoms with Crippen LogP contribution < -0.4 is 19.3 Å². The van der Waals surface area contributed by atoms with Crippen molar-refractivity contribution in [3.8, 4) is 11.5 Å². The molecule has 9 nitrogen and oxygen atoms in total. The molecule has 33 heavy (non-hydrogen) atoms. The normalized spacial score (nSPS) is 15.1. The summed E-state index contributed by atoms with van der Waals surface area (Å²) in [5.41, 5.74) is -0.140. The number of nitrogens with one attached hydrogen (secondary N) is 1. The highest BCUT2D eigenvalue weighted by Gasteiger charge is 2.34. The van der Waals surface area contributed by atoms with Crippen molar-refractivity contribution in [2.45, 2.75) is 59.0 Å². The highest BCUT2D eigenvalue weighted by Crippen LogP contribution is 2.45. The monoisotopic (exact) mass is 494 g/mol. The SMILES string of the molecule is CC[C@@H](C)OC(=O)[C@H](C)NP(=O)(Oc1ccc([N+](=O)[O-])cc1)Oc1ccc([Si](C)(C)C)cc1. The number of hydrogen-bond acceptors (Lipinski definition) is 7. The minimum absolute atomic E-state index is 0.0812. The molecule has 0 aliphatic heterocycles. The van der Waals surface area contributed by atoms with Crippen molar-refractivity contribution in [1.82, 2.24) is 5.09 Å². The lowest BCUT2D eigenvalue weighted by Gasteiger charge is -2.24. The molecule has 0 radical (unpaired) electrons. The van der Waals surface area contributed by atoms with Crippen LogP contribution in [0.4, 0.5) is 5.69 Å². The summed E-state index contributed by atoms with van der Waals surface area (Å²) < 4.78 is 30.2. The van der Waals surface area contributed by atoms with Gasteiger partial charge in [-0.2, -0.15) is 5.09 Å². The second kappa shape index (κ2) is 11.0. The number of carbonyl (C=O) groups excluding carboxylic acids is 1. The second-order valence-electron chi connectivity index (χ2n) is 8.71. The van der Waals surface area contributed by atoms with Crippen LogP contribution in [0.15, 0.2) is 48.5 Å². The van der Waals surface area contributed by atoms with Crippen LogP contribution in [0.25, 0.3) is 0 Å². The smallest absolute Gasteiger partial charge is 0.462 e. The van der Waals surface area contributed by atoms with Crippen LogP contribution in [-0.2, 0) is 14.1 Å². The highest BCUT2D eigenvalue weighted by atomic mass is 31.2.